The summed E-state index contributed by atoms with van der Waals surface area (Å²) in [6.07, 6.45) is 0. The van der Waals surface area contributed by atoms with Gasteiger partial charge in [-0.25, -0.2) is 4.79 Å². The summed E-state index contributed by atoms with van der Waals surface area (Å²) >= 11 is 0. The van der Waals surface area contributed by atoms with Crippen LogP contribution in [0.25, 0.3) is 0 Å². The zero-order valence-electron chi connectivity index (χ0n) is 17.3. The fourth-order valence-electron chi connectivity index (χ4n) is 3.04. The Hall–Kier alpha value is -2.69. The van der Waals surface area contributed by atoms with Gasteiger partial charge in [-0.2, -0.15) is 0 Å². The van der Waals surface area contributed by atoms with Gasteiger partial charge < -0.3 is 20.9 Å². The van der Waals surface area contributed by atoms with E-state index in [1.54, 1.807) is 0 Å². The highest BCUT2D eigenvalue weighted by Gasteiger charge is 2.26. The summed E-state index contributed by atoms with van der Waals surface area (Å²) in [5.41, 5.74) is 9.58. The van der Waals surface area contributed by atoms with Gasteiger partial charge in [0, 0.05) is 31.0 Å². The van der Waals surface area contributed by atoms with E-state index in [0.29, 0.717) is 12.2 Å². The molecule has 0 aliphatic heterocycles. The molecule has 0 aliphatic carbocycles. The normalized spacial score (nSPS) is 12.4. The first-order valence-electron chi connectivity index (χ1n) is 9.28. The second kappa shape index (κ2) is 8.33. The number of amides is 2. The number of nitrogens with one attached hydrogen (secondary N) is 1. The second-order valence-corrected chi connectivity index (χ2v) is 8.18. The van der Waals surface area contributed by atoms with Crippen LogP contribution in [0.2, 0.25) is 0 Å². The maximum atomic E-state index is 13.1. The van der Waals surface area contributed by atoms with Crippen LogP contribution >= 0.6 is 0 Å². The van der Waals surface area contributed by atoms with Crippen molar-refractivity contribution in [1.29, 1.82) is 0 Å². The van der Waals surface area contributed by atoms with Crippen molar-refractivity contribution >= 4 is 17.4 Å². The minimum atomic E-state index is -0.314. The maximum Gasteiger partial charge on any atom is 0.318 e. The molecule has 2 amide bonds. The Morgan fingerprint density at radius 2 is 1.74 bits per heavy atom. The van der Waals surface area contributed by atoms with Crippen LogP contribution in [0.1, 0.15) is 44.9 Å². The first-order valence-corrected chi connectivity index (χ1v) is 9.28. The molecule has 0 bridgehead atoms. The minimum absolute atomic E-state index is 0.0787. The highest BCUT2D eigenvalue weighted by atomic mass is 16.2. The summed E-state index contributed by atoms with van der Waals surface area (Å²) in [5, 5.41) is 3.10. The van der Waals surface area contributed by atoms with E-state index in [4.69, 9.17) is 5.73 Å². The molecule has 27 heavy (non-hydrogen) atoms. The minimum Gasteiger partial charge on any atom is -0.399 e. The molecule has 0 saturated heterocycles. The molecule has 2 aromatic carbocycles. The third-order valence-corrected chi connectivity index (χ3v) is 4.42. The van der Waals surface area contributed by atoms with Gasteiger partial charge in [-0.3, -0.25) is 0 Å². The number of rotatable bonds is 5. The predicted molar refractivity (Wildman–Crippen MR) is 114 cm³/mol. The van der Waals surface area contributed by atoms with E-state index in [2.05, 4.69) is 12.2 Å². The van der Waals surface area contributed by atoms with Gasteiger partial charge in [0.05, 0.1) is 12.6 Å². The standard InChI is InChI=1S/C22H32N4O/c1-16(17-10-8-7-9-11-17)26(21(27)24-22(2,3)4)15-18-14-19(23)12-13-20(18)25(5)6/h7-14,16H,15,23H2,1-6H3,(H,24,27)/t16-/m0/s1. The van der Waals surface area contributed by atoms with E-state index in [-0.39, 0.29) is 17.6 Å². The van der Waals surface area contributed by atoms with Gasteiger partial charge in [0.1, 0.15) is 0 Å². The molecule has 0 radical (unpaired) electrons. The van der Waals surface area contributed by atoms with Gasteiger partial charge >= 0.3 is 6.03 Å². The lowest BCUT2D eigenvalue weighted by Crippen LogP contribution is -2.49. The lowest BCUT2D eigenvalue weighted by molar-refractivity contribution is 0.167. The van der Waals surface area contributed by atoms with Crippen molar-refractivity contribution in [1.82, 2.24) is 10.2 Å². The molecule has 0 spiro atoms. The summed E-state index contributed by atoms with van der Waals surface area (Å²) in [6, 6.07) is 15.7. The number of carbonyl (C=O) groups is 1. The Bertz CT molecular complexity index is 766. The molecule has 3 N–H and O–H groups in total. The number of nitrogens with two attached hydrogens (primary N) is 1. The molecule has 0 fully saturated rings. The molecule has 146 valence electrons. The highest BCUT2D eigenvalue weighted by molar-refractivity contribution is 5.76. The molecular weight excluding hydrogens is 336 g/mol. The molecule has 0 unspecified atom stereocenters. The molecule has 0 heterocycles. The first kappa shape index (κ1) is 20.6. The number of hydrogen-bond donors (Lipinski definition) is 2. The third-order valence-electron chi connectivity index (χ3n) is 4.42. The molecule has 0 saturated carbocycles. The Kier molecular flexibility index (Phi) is 6.37. The fourth-order valence-corrected chi connectivity index (χ4v) is 3.04. The van der Waals surface area contributed by atoms with Crippen LogP contribution in [0.15, 0.2) is 48.5 Å². The highest BCUT2D eigenvalue weighted by Crippen LogP contribution is 2.28. The average Bonchev–Trinajstić information content (AvgIpc) is 2.58. The lowest BCUT2D eigenvalue weighted by atomic mass is 10.0. The second-order valence-electron chi connectivity index (χ2n) is 8.18. The van der Waals surface area contributed by atoms with E-state index >= 15 is 0 Å². The number of nitrogens with zero attached hydrogens (tertiary/aromatic N) is 2. The predicted octanol–water partition coefficient (Wildman–Crippen LogP) is 4.41. The lowest BCUT2D eigenvalue weighted by Gasteiger charge is -2.34. The summed E-state index contributed by atoms with van der Waals surface area (Å²) in [5.74, 6) is 0. The average molecular weight is 369 g/mol. The molecule has 5 heteroatoms. The van der Waals surface area contributed by atoms with Crippen molar-refractivity contribution in [2.75, 3.05) is 24.7 Å². The van der Waals surface area contributed by atoms with Gasteiger partial charge in [0.2, 0.25) is 0 Å². The maximum absolute atomic E-state index is 13.1. The van der Waals surface area contributed by atoms with E-state index in [0.717, 1.165) is 16.8 Å². The number of hydrogen-bond acceptors (Lipinski definition) is 3. The Morgan fingerprint density at radius 3 is 2.30 bits per heavy atom. The zero-order valence-corrected chi connectivity index (χ0v) is 17.3. The van der Waals surface area contributed by atoms with Crippen molar-refractivity contribution < 1.29 is 4.79 Å². The largest absolute Gasteiger partial charge is 0.399 e. The van der Waals surface area contributed by atoms with Gasteiger partial charge in [-0.05, 0) is 57.0 Å². The zero-order chi connectivity index (χ0) is 20.2. The van der Waals surface area contributed by atoms with Gasteiger partial charge in [-0.15, -0.1) is 0 Å². The molecule has 2 rings (SSSR count). The summed E-state index contributed by atoms with van der Waals surface area (Å²) in [4.78, 5) is 17.0. The number of benzene rings is 2. The molecule has 2 aromatic rings. The molecule has 1 atom stereocenters. The van der Waals surface area contributed by atoms with E-state index in [1.807, 2.05) is 93.2 Å². The van der Waals surface area contributed by atoms with Gasteiger partial charge in [0.25, 0.3) is 0 Å². The fraction of sp³-hybridized carbons (Fsp3) is 0.409. The summed E-state index contributed by atoms with van der Waals surface area (Å²) in [7, 11) is 3.99. The van der Waals surface area contributed by atoms with Crippen LogP contribution in [-0.2, 0) is 6.54 Å². The van der Waals surface area contributed by atoms with E-state index < -0.39 is 0 Å². The van der Waals surface area contributed by atoms with Gasteiger partial charge in [-0.1, -0.05) is 30.3 Å². The number of nitrogen functional groups attached to an aromatic ring is 1. The summed E-state index contributed by atoms with van der Waals surface area (Å²) < 4.78 is 0. The van der Waals surface area contributed by atoms with E-state index in [9.17, 15) is 4.79 Å². The smallest absolute Gasteiger partial charge is 0.318 e. The van der Waals surface area contributed by atoms with Crippen LogP contribution in [0.3, 0.4) is 0 Å². The van der Waals surface area contributed by atoms with Gasteiger partial charge in [0.15, 0.2) is 0 Å². The topological polar surface area (TPSA) is 61.6 Å². The van der Waals surface area contributed by atoms with Crippen LogP contribution in [-0.4, -0.2) is 30.6 Å². The van der Waals surface area contributed by atoms with Crippen LogP contribution in [0.4, 0.5) is 16.2 Å². The number of anilines is 2. The molecule has 5 nitrogen and oxygen atoms in total. The van der Waals surface area contributed by atoms with Crippen LogP contribution in [0, 0.1) is 0 Å². The SMILES string of the molecule is C[C@@H](c1ccccc1)N(Cc1cc(N)ccc1N(C)C)C(=O)NC(C)(C)C. The molecular formula is C22H32N4O. The Balaban J connectivity index is 2.41. The monoisotopic (exact) mass is 368 g/mol. The van der Waals surface area contributed by atoms with Crippen molar-refractivity contribution in [3.05, 3.63) is 59.7 Å². The third kappa shape index (κ3) is 5.64. The number of urea groups is 1. The Morgan fingerprint density at radius 1 is 1.11 bits per heavy atom. The first-order chi connectivity index (χ1) is 12.6. The molecule has 0 aromatic heterocycles. The van der Waals surface area contributed by atoms with Crippen molar-refractivity contribution in [3.8, 4) is 0 Å². The number of carbonyl (C=O) groups excluding carboxylic acids is 1. The van der Waals surface area contributed by atoms with Crippen LogP contribution in [0.5, 0.6) is 0 Å². The van der Waals surface area contributed by atoms with Crippen molar-refractivity contribution in [2.24, 2.45) is 0 Å². The van der Waals surface area contributed by atoms with Crippen LogP contribution < -0.4 is 16.0 Å². The van der Waals surface area contributed by atoms with Crippen molar-refractivity contribution in [3.63, 3.8) is 0 Å². The molecule has 0 aliphatic rings. The van der Waals surface area contributed by atoms with Crippen molar-refractivity contribution in [2.45, 2.75) is 45.8 Å². The quantitative estimate of drug-likeness (QED) is 0.769. The Labute approximate surface area is 163 Å². The van der Waals surface area contributed by atoms with E-state index in [1.165, 1.54) is 0 Å². The summed E-state index contributed by atoms with van der Waals surface area (Å²) in [6.45, 7) is 8.49.